The van der Waals surface area contributed by atoms with Gasteiger partial charge in [0.25, 0.3) is 5.91 Å². The lowest BCUT2D eigenvalue weighted by Gasteiger charge is -2.14. The summed E-state index contributed by atoms with van der Waals surface area (Å²) >= 11 is 6.71. The van der Waals surface area contributed by atoms with E-state index in [0.29, 0.717) is 28.8 Å². The molecule has 1 aliphatic heterocycles. The second-order valence-electron chi connectivity index (χ2n) is 6.48. The van der Waals surface area contributed by atoms with Crippen LogP contribution in [0.4, 0.5) is 0 Å². The Labute approximate surface area is 171 Å². The van der Waals surface area contributed by atoms with Gasteiger partial charge in [-0.1, -0.05) is 80.5 Å². The highest BCUT2D eigenvalue weighted by atomic mass is 32.2. The lowest BCUT2D eigenvalue weighted by Crippen LogP contribution is -2.29. The largest absolute Gasteiger partial charge is 0.466 e. The first-order chi connectivity index (χ1) is 13.1. The Bertz CT molecular complexity index is 673. The van der Waals surface area contributed by atoms with Crippen molar-refractivity contribution in [1.82, 2.24) is 4.90 Å². The highest BCUT2D eigenvalue weighted by Gasteiger charge is 2.31. The van der Waals surface area contributed by atoms with Crippen LogP contribution in [0.3, 0.4) is 0 Å². The molecule has 0 spiro atoms. The molecular formula is C21H27NO3S2. The summed E-state index contributed by atoms with van der Waals surface area (Å²) in [6.07, 6.45) is 7.96. The zero-order valence-corrected chi connectivity index (χ0v) is 17.4. The molecule has 0 bridgehead atoms. The molecule has 27 heavy (non-hydrogen) atoms. The molecule has 0 unspecified atom stereocenters. The van der Waals surface area contributed by atoms with Gasteiger partial charge in [0.05, 0.1) is 11.5 Å². The lowest BCUT2D eigenvalue weighted by molar-refractivity contribution is -0.144. The van der Waals surface area contributed by atoms with Crippen molar-refractivity contribution >= 4 is 46.3 Å². The molecule has 6 heteroatoms. The SMILES string of the molecule is CCCCCOC(=O)CCCCCN1C(=O)/C(=C/c2ccccc2)SC1=S. The fraction of sp³-hybridized carbons (Fsp3) is 0.476. The molecular weight excluding hydrogens is 378 g/mol. The summed E-state index contributed by atoms with van der Waals surface area (Å²) in [5.74, 6) is -0.147. The Balaban J connectivity index is 1.67. The molecule has 2 rings (SSSR count). The summed E-state index contributed by atoms with van der Waals surface area (Å²) in [6.45, 7) is 3.25. The maximum atomic E-state index is 12.5. The number of carbonyl (C=O) groups excluding carboxylic acids is 2. The molecule has 0 aliphatic carbocycles. The van der Waals surface area contributed by atoms with Gasteiger partial charge in [-0.25, -0.2) is 0 Å². The molecule has 1 amide bonds. The van der Waals surface area contributed by atoms with Gasteiger partial charge >= 0.3 is 5.97 Å². The zero-order chi connectivity index (χ0) is 19.5. The number of amides is 1. The fourth-order valence-corrected chi connectivity index (χ4v) is 4.03. The minimum atomic E-state index is -0.123. The Kier molecular flexibility index (Phi) is 9.56. The van der Waals surface area contributed by atoms with E-state index in [0.717, 1.165) is 44.1 Å². The van der Waals surface area contributed by atoms with E-state index >= 15 is 0 Å². The number of rotatable bonds is 11. The maximum absolute atomic E-state index is 12.5. The van der Waals surface area contributed by atoms with Crippen LogP contribution in [0.5, 0.6) is 0 Å². The van der Waals surface area contributed by atoms with Crippen LogP contribution < -0.4 is 0 Å². The number of hydrogen-bond donors (Lipinski definition) is 0. The van der Waals surface area contributed by atoms with E-state index in [9.17, 15) is 9.59 Å². The lowest BCUT2D eigenvalue weighted by atomic mass is 10.2. The van der Waals surface area contributed by atoms with Crippen LogP contribution in [0.1, 0.15) is 57.4 Å². The number of unbranched alkanes of at least 4 members (excludes halogenated alkanes) is 4. The highest BCUT2D eigenvalue weighted by Crippen LogP contribution is 2.32. The predicted molar refractivity (Wildman–Crippen MR) is 115 cm³/mol. The third kappa shape index (κ3) is 7.46. The van der Waals surface area contributed by atoms with E-state index in [-0.39, 0.29) is 11.9 Å². The number of thiocarbonyl (C=S) groups is 1. The van der Waals surface area contributed by atoms with E-state index in [4.69, 9.17) is 17.0 Å². The topological polar surface area (TPSA) is 46.6 Å². The van der Waals surface area contributed by atoms with Crippen molar-refractivity contribution < 1.29 is 14.3 Å². The van der Waals surface area contributed by atoms with Crippen LogP contribution >= 0.6 is 24.0 Å². The van der Waals surface area contributed by atoms with Gasteiger partial charge in [0, 0.05) is 13.0 Å². The third-order valence-electron chi connectivity index (χ3n) is 4.24. The molecule has 0 atom stereocenters. The maximum Gasteiger partial charge on any atom is 0.305 e. The average molecular weight is 406 g/mol. The molecule has 0 saturated carbocycles. The molecule has 1 aromatic carbocycles. The van der Waals surface area contributed by atoms with Crippen molar-refractivity contribution in [1.29, 1.82) is 0 Å². The quantitative estimate of drug-likeness (QED) is 0.220. The summed E-state index contributed by atoms with van der Waals surface area (Å²) in [6, 6.07) is 9.77. The molecule has 0 aromatic heterocycles. The van der Waals surface area contributed by atoms with Gasteiger partial charge in [-0.2, -0.15) is 0 Å². The Hall–Kier alpha value is -1.66. The van der Waals surface area contributed by atoms with Gasteiger partial charge in [-0.05, 0) is 30.9 Å². The van der Waals surface area contributed by atoms with Gasteiger partial charge in [-0.15, -0.1) is 0 Å². The van der Waals surface area contributed by atoms with Gasteiger partial charge in [-0.3, -0.25) is 14.5 Å². The van der Waals surface area contributed by atoms with Gasteiger partial charge < -0.3 is 4.74 Å². The summed E-state index contributed by atoms with van der Waals surface area (Å²) < 4.78 is 5.80. The van der Waals surface area contributed by atoms with Gasteiger partial charge in [0.2, 0.25) is 0 Å². The number of benzene rings is 1. The van der Waals surface area contributed by atoms with Crippen LogP contribution in [0, 0.1) is 0 Å². The van der Waals surface area contributed by atoms with E-state index in [1.165, 1.54) is 11.8 Å². The van der Waals surface area contributed by atoms with Crippen LogP contribution in [0.2, 0.25) is 0 Å². The minimum Gasteiger partial charge on any atom is -0.466 e. The van der Waals surface area contributed by atoms with Crippen molar-refractivity contribution in [3.8, 4) is 0 Å². The smallest absolute Gasteiger partial charge is 0.305 e. The normalized spacial score (nSPS) is 15.6. The Morgan fingerprint density at radius 1 is 1.15 bits per heavy atom. The Morgan fingerprint density at radius 2 is 1.93 bits per heavy atom. The second kappa shape index (κ2) is 11.9. The summed E-state index contributed by atoms with van der Waals surface area (Å²) in [7, 11) is 0. The van der Waals surface area contributed by atoms with Crippen molar-refractivity contribution in [2.24, 2.45) is 0 Å². The van der Waals surface area contributed by atoms with Crippen LogP contribution in [-0.2, 0) is 14.3 Å². The molecule has 1 heterocycles. The first-order valence-electron chi connectivity index (χ1n) is 9.58. The molecule has 1 aliphatic rings. The zero-order valence-electron chi connectivity index (χ0n) is 15.8. The standard InChI is InChI=1S/C21H27NO3S2/c1-2-3-10-15-25-19(23)13-8-5-9-14-22-20(24)18(27-21(22)26)16-17-11-6-4-7-12-17/h4,6-7,11-12,16H,2-3,5,8-10,13-15H2,1H3/b18-16-. The fourth-order valence-electron chi connectivity index (χ4n) is 2.72. The predicted octanol–water partition coefficient (Wildman–Crippen LogP) is 5.18. The van der Waals surface area contributed by atoms with E-state index in [1.807, 2.05) is 36.4 Å². The second-order valence-corrected chi connectivity index (χ2v) is 8.16. The van der Waals surface area contributed by atoms with Gasteiger partial charge in [0.15, 0.2) is 0 Å². The number of thioether (sulfide) groups is 1. The monoisotopic (exact) mass is 405 g/mol. The first-order valence-corrected chi connectivity index (χ1v) is 10.8. The number of ether oxygens (including phenoxy) is 1. The molecule has 0 N–H and O–H groups in total. The number of esters is 1. The van der Waals surface area contributed by atoms with Crippen molar-refractivity contribution in [2.75, 3.05) is 13.2 Å². The van der Waals surface area contributed by atoms with Crippen LogP contribution in [0.15, 0.2) is 35.2 Å². The molecule has 4 nitrogen and oxygen atoms in total. The number of carbonyl (C=O) groups is 2. The van der Waals surface area contributed by atoms with Crippen LogP contribution in [-0.4, -0.2) is 34.2 Å². The molecule has 1 aromatic rings. The number of hydrogen-bond acceptors (Lipinski definition) is 5. The van der Waals surface area contributed by atoms with Gasteiger partial charge in [0.1, 0.15) is 4.32 Å². The summed E-state index contributed by atoms with van der Waals surface area (Å²) in [5, 5.41) is 0. The van der Waals surface area contributed by atoms with Crippen molar-refractivity contribution in [2.45, 2.75) is 51.9 Å². The Morgan fingerprint density at radius 3 is 2.67 bits per heavy atom. The summed E-state index contributed by atoms with van der Waals surface area (Å²) in [4.78, 5) is 26.5. The van der Waals surface area contributed by atoms with Crippen LogP contribution in [0.25, 0.3) is 6.08 Å². The molecule has 1 fully saturated rings. The molecule has 146 valence electrons. The molecule has 1 saturated heterocycles. The van der Waals surface area contributed by atoms with E-state index in [1.54, 1.807) is 4.90 Å². The van der Waals surface area contributed by atoms with E-state index < -0.39 is 0 Å². The summed E-state index contributed by atoms with van der Waals surface area (Å²) in [5.41, 5.74) is 0.996. The molecule has 0 radical (unpaired) electrons. The highest BCUT2D eigenvalue weighted by molar-refractivity contribution is 8.26. The first kappa shape index (κ1) is 21.6. The van der Waals surface area contributed by atoms with E-state index in [2.05, 4.69) is 6.92 Å². The minimum absolute atomic E-state index is 0.0239. The number of nitrogens with zero attached hydrogens (tertiary/aromatic N) is 1. The van der Waals surface area contributed by atoms with Crippen molar-refractivity contribution in [3.05, 3.63) is 40.8 Å². The third-order valence-corrected chi connectivity index (χ3v) is 5.62. The van der Waals surface area contributed by atoms with Crippen molar-refractivity contribution in [3.63, 3.8) is 0 Å². The average Bonchev–Trinajstić information content (AvgIpc) is 2.93.